The average Bonchev–Trinajstić information content (AvgIpc) is 2.38. The molecule has 17 heavy (non-hydrogen) atoms. The molecule has 0 saturated carbocycles. The molecule has 4 heteroatoms. The molecule has 0 unspecified atom stereocenters. The molecule has 2 rings (SSSR count). The Kier molecular flexibility index (Phi) is 2.95. The average molecular weight is 234 g/mol. The number of ether oxygens (including phenoxy) is 3. The Morgan fingerprint density at radius 1 is 0.824 bits per heavy atom. The van der Waals surface area contributed by atoms with Crippen molar-refractivity contribution in [3.8, 4) is 23.0 Å². The van der Waals surface area contributed by atoms with Gasteiger partial charge >= 0.3 is 0 Å². The van der Waals surface area contributed by atoms with Gasteiger partial charge in [0.25, 0.3) is 0 Å². The fourth-order valence-corrected chi connectivity index (χ4v) is 1.88. The maximum atomic E-state index is 9.82. The zero-order valence-electron chi connectivity index (χ0n) is 9.98. The van der Waals surface area contributed by atoms with Crippen LogP contribution in [0, 0.1) is 0 Å². The summed E-state index contributed by atoms with van der Waals surface area (Å²) >= 11 is 0. The van der Waals surface area contributed by atoms with Gasteiger partial charge in [0.15, 0.2) is 11.5 Å². The van der Waals surface area contributed by atoms with Crippen molar-refractivity contribution < 1.29 is 19.3 Å². The van der Waals surface area contributed by atoms with Crippen LogP contribution < -0.4 is 14.2 Å². The number of methoxy groups -OCH3 is 3. The van der Waals surface area contributed by atoms with E-state index in [9.17, 15) is 5.11 Å². The number of phenols is 1. The first-order chi connectivity index (χ1) is 8.22. The number of fused-ring (bicyclic) bond motifs is 1. The van der Waals surface area contributed by atoms with Crippen LogP contribution in [0.25, 0.3) is 10.8 Å². The lowest BCUT2D eigenvalue weighted by molar-refractivity contribution is 0.356. The Labute approximate surface area is 99.3 Å². The molecule has 2 aromatic rings. The van der Waals surface area contributed by atoms with Crippen LogP contribution in [0.1, 0.15) is 0 Å². The molecule has 0 aliphatic carbocycles. The molecular weight excluding hydrogens is 220 g/mol. The summed E-state index contributed by atoms with van der Waals surface area (Å²) in [5.41, 5.74) is 0. The van der Waals surface area contributed by atoms with Crippen LogP contribution >= 0.6 is 0 Å². The summed E-state index contributed by atoms with van der Waals surface area (Å²) in [6.07, 6.45) is 0. The maximum absolute atomic E-state index is 9.82. The molecule has 0 atom stereocenters. The Morgan fingerprint density at radius 2 is 1.47 bits per heavy atom. The Hall–Kier alpha value is -2.10. The number of hydrogen-bond donors (Lipinski definition) is 1. The Morgan fingerprint density at radius 3 is 2.06 bits per heavy atom. The van der Waals surface area contributed by atoms with Crippen LogP contribution in [0.15, 0.2) is 24.3 Å². The number of hydrogen-bond acceptors (Lipinski definition) is 4. The van der Waals surface area contributed by atoms with Gasteiger partial charge in [-0.2, -0.15) is 0 Å². The van der Waals surface area contributed by atoms with E-state index in [4.69, 9.17) is 14.2 Å². The highest BCUT2D eigenvalue weighted by molar-refractivity contribution is 5.99. The summed E-state index contributed by atoms with van der Waals surface area (Å²) < 4.78 is 15.8. The molecule has 4 nitrogen and oxygen atoms in total. The summed E-state index contributed by atoms with van der Waals surface area (Å²) in [5.74, 6) is 1.97. The van der Waals surface area contributed by atoms with Gasteiger partial charge in [0, 0.05) is 5.39 Å². The molecule has 2 aromatic carbocycles. The van der Waals surface area contributed by atoms with Gasteiger partial charge in [0.05, 0.1) is 26.7 Å². The van der Waals surface area contributed by atoms with Gasteiger partial charge in [-0.15, -0.1) is 0 Å². The number of rotatable bonds is 3. The highest BCUT2D eigenvalue weighted by atomic mass is 16.5. The molecule has 90 valence electrons. The molecule has 0 fully saturated rings. The zero-order valence-corrected chi connectivity index (χ0v) is 9.98. The highest BCUT2D eigenvalue weighted by Crippen LogP contribution is 2.43. The zero-order chi connectivity index (χ0) is 12.4. The monoisotopic (exact) mass is 234 g/mol. The normalized spacial score (nSPS) is 10.3. The number of benzene rings is 2. The van der Waals surface area contributed by atoms with E-state index in [0.717, 1.165) is 0 Å². The summed E-state index contributed by atoms with van der Waals surface area (Å²) in [5, 5.41) is 11.2. The van der Waals surface area contributed by atoms with E-state index < -0.39 is 0 Å². The van der Waals surface area contributed by atoms with Crippen LogP contribution in [-0.2, 0) is 0 Å². The first-order valence-corrected chi connectivity index (χ1v) is 5.13. The topological polar surface area (TPSA) is 47.9 Å². The minimum Gasteiger partial charge on any atom is -0.507 e. The van der Waals surface area contributed by atoms with Gasteiger partial charge in [0.1, 0.15) is 11.5 Å². The van der Waals surface area contributed by atoms with E-state index in [1.807, 2.05) is 0 Å². The number of aromatic hydroxyl groups is 1. The molecule has 0 aromatic heterocycles. The Balaban J connectivity index is 2.89. The standard InChI is InChI=1S/C13H14O4/c1-15-10-7-5-9(14)8-4-6-11(16-2)13(17-3)12(8)10/h4-7,14H,1-3H3. The van der Waals surface area contributed by atoms with Crippen LogP contribution in [0.5, 0.6) is 23.0 Å². The van der Waals surface area contributed by atoms with E-state index in [2.05, 4.69) is 0 Å². The molecule has 0 radical (unpaired) electrons. The fourth-order valence-electron chi connectivity index (χ4n) is 1.88. The van der Waals surface area contributed by atoms with E-state index in [1.54, 1.807) is 45.6 Å². The summed E-state index contributed by atoms with van der Waals surface area (Å²) in [6.45, 7) is 0. The summed E-state index contributed by atoms with van der Waals surface area (Å²) in [7, 11) is 4.70. The predicted molar refractivity (Wildman–Crippen MR) is 65.3 cm³/mol. The fraction of sp³-hybridized carbons (Fsp3) is 0.231. The maximum Gasteiger partial charge on any atom is 0.172 e. The molecule has 0 heterocycles. The SMILES string of the molecule is COc1ccc2c(O)ccc(OC)c2c1OC. The van der Waals surface area contributed by atoms with Gasteiger partial charge in [-0.25, -0.2) is 0 Å². The third-order valence-corrected chi connectivity index (χ3v) is 2.68. The molecule has 0 bridgehead atoms. The van der Waals surface area contributed by atoms with Crippen LogP contribution in [0.3, 0.4) is 0 Å². The Bertz CT molecular complexity index is 549. The van der Waals surface area contributed by atoms with Crippen LogP contribution in [0.4, 0.5) is 0 Å². The van der Waals surface area contributed by atoms with Crippen molar-refractivity contribution in [1.82, 2.24) is 0 Å². The van der Waals surface area contributed by atoms with Crippen molar-refractivity contribution in [3.63, 3.8) is 0 Å². The van der Waals surface area contributed by atoms with Crippen molar-refractivity contribution in [1.29, 1.82) is 0 Å². The van der Waals surface area contributed by atoms with Crippen molar-refractivity contribution in [2.24, 2.45) is 0 Å². The summed E-state index contributed by atoms with van der Waals surface area (Å²) in [6, 6.07) is 6.81. The van der Waals surface area contributed by atoms with E-state index in [-0.39, 0.29) is 5.75 Å². The molecule has 1 N–H and O–H groups in total. The van der Waals surface area contributed by atoms with E-state index >= 15 is 0 Å². The first kappa shape index (κ1) is 11.4. The van der Waals surface area contributed by atoms with Crippen molar-refractivity contribution in [3.05, 3.63) is 24.3 Å². The third kappa shape index (κ3) is 1.71. The minimum atomic E-state index is 0.182. The van der Waals surface area contributed by atoms with Gasteiger partial charge < -0.3 is 19.3 Å². The van der Waals surface area contributed by atoms with Gasteiger partial charge in [0.2, 0.25) is 0 Å². The quantitative estimate of drug-likeness (QED) is 0.886. The molecule has 0 spiro atoms. The largest absolute Gasteiger partial charge is 0.507 e. The van der Waals surface area contributed by atoms with Crippen molar-refractivity contribution >= 4 is 10.8 Å². The first-order valence-electron chi connectivity index (χ1n) is 5.13. The van der Waals surface area contributed by atoms with Gasteiger partial charge in [-0.05, 0) is 24.3 Å². The summed E-state index contributed by atoms with van der Waals surface area (Å²) in [4.78, 5) is 0. The van der Waals surface area contributed by atoms with Gasteiger partial charge in [-0.1, -0.05) is 0 Å². The third-order valence-electron chi connectivity index (χ3n) is 2.68. The predicted octanol–water partition coefficient (Wildman–Crippen LogP) is 2.57. The molecule has 0 saturated heterocycles. The number of phenolic OH excluding ortho intramolecular Hbond substituents is 1. The molecular formula is C13H14O4. The second kappa shape index (κ2) is 4.41. The van der Waals surface area contributed by atoms with Crippen molar-refractivity contribution in [2.45, 2.75) is 0 Å². The highest BCUT2D eigenvalue weighted by Gasteiger charge is 2.15. The second-order valence-electron chi connectivity index (χ2n) is 3.51. The molecule has 0 aliphatic rings. The van der Waals surface area contributed by atoms with Gasteiger partial charge in [-0.3, -0.25) is 0 Å². The van der Waals surface area contributed by atoms with E-state index in [0.29, 0.717) is 28.0 Å². The minimum absolute atomic E-state index is 0.182. The lowest BCUT2D eigenvalue weighted by Crippen LogP contribution is -1.94. The molecule has 0 aliphatic heterocycles. The lowest BCUT2D eigenvalue weighted by Gasteiger charge is -2.14. The molecule has 0 amide bonds. The van der Waals surface area contributed by atoms with Crippen molar-refractivity contribution in [2.75, 3.05) is 21.3 Å². The second-order valence-corrected chi connectivity index (χ2v) is 3.51. The van der Waals surface area contributed by atoms with E-state index in [1.165, 1.54) is 0 Å². The van der Waals surface area contributed by atoms with Crippen LogP contribution in [0.2, 0.25) is 0 Å². The van der Waals surface area contributed by atoms with Crippen LogP contribution in [-0.4, -0.2) is 26.4 Å². The smallest absolute Gasteiger partial charge is 0.172 e. The lowest BCUT2D eigenvalue weighted by atomic mass is 10.1.